The van der Waals surface area contributed by atoms with Gasteiger partial charge in [0.15, 0.2) is 12.6 Å². The number of aliphatic hydroxyl groups excluding tert-OH is 1. The molecule has 130 valence electrons. The first-order chi connectivity index (χ1) is 10.2. The van der Waals surface area contributed by atoms with Crippen LogP contribution in [0.5, 0.6) is 0 Å². The zero-order valence-corrected chi connectivity index (χ0v) is 12.8. The summed E-state index contributed by atoms with van der Waals surface area (Å²) < 4.78 is 22.0. The Morgan fingerprint density at radius 3 is 2.41 bits per heavy atom. The van der Waals surface area contributed by atoms with Gasteiger partial charge >= 0.3 is 0 Å². The van der Waals surface area contributed by atoms with Crippen molar-refractivity contribution in [1.82, 2.24) is 0 Å². The van der Waals surface area contributed by atoms with Gasteiger partial charge in [-0.15, -0.1) is 0 Å². The summed E-state index contributed by atoms with van der Waals surface area (Å²) in [6.07, 6.45) is -3.90. The maximum Gasteiger partial charge on any atom is 0.177 e. The molecule has 1 unspecified atom stereocenters. The third-order valence-corrected chi connectivity index (χ3v) is 4.31. The summed E-state index contributed by atoms with van der Waals surface area (Å²) >= 11 is 0. The summed E-state index contributed by atoms with van der Waals surface area (Å²) in [5, 5.41) is 9.62. The van der Waals surface area contributed by atoms with Crippen LogP contribution in [-0.4, -0.2) is 67.1 Å². The van der Waals surface area contributed by atoms with Crippen LogP contribution in [0.3, 0.4) is 0 Å². The highest BCUT2D eigenvalue weighted by Gasteiger charge is 2.50. The van der Waals surface area contributed by atoms with Crippen molar-refractivity contribution in [3.63, 3.8) is 0 Å². The van der Waals surface area contributed by atoms with E-state index < -0.39 is 48.8 Å². The van der Waals surface area contributed by atoms with Crippen LogP contribution in [0.15, 0.2) is 0 Å². The number of hydrogen-bond acceptors (Lipinski definition) is 10. The van der Waals surface area contributed by atoms with Crippen LogP contribution < -0.4 is 28.7 Å². The molecule has 22 heavy (non-hydrogen) atoms. The van der Waals surface area contributed by atoms with Crippen LogP contribution in [0.4, 0.5) is 0 Å². The van der Waals surface area contributed by atoms with Crippen molar-refractivity contribution in [2.24, 2.45) is 28.7 Å². The fourth-order valence-corrected chi connectivity index (χ4v) is 2.77. The average Bonchev–Trinajstić information content (AvgIpc) is 2.45. The van der Waals surface area contributed by atoms with Crippen molar-refractivity contribution >= 4 is 0 Å². The van der Waals surface area contributed by atoms with Crippen LogP contribution in [0, 0.1) is 0 Å². The SMILES string of the molecule is CO[C@H]1C[C@H](O)O[C@@H](C)[C@@H]1OC1O[C@@H](N)C(N)(N)[C@H](N)[C@H]1N. The van der Waals surface area contributed by atoms with E-state index >= 15 is 0 Å². The van der Waals surface area contributed by atoms with Gasteiger partial charge in [0, 0.05) is 13.5 Å². The predicted molar refractivity (Wildman–Crippen MR) is 76.7 cm³/mol. The second-order valence-corrected chi connectivity index (χ2v) is 5.93. The molecule has 0 bridgehead atoms. The Balaban J connectivity index is 2.09. The van der Waals surface area contributed by atoms with E-state index in [-0.39, 0.29) is 12.5 Å². The lowest BCUT2D eigenvalue weighted by Gasteiger charge is -2.49. The normalized spacial score (nSPS) is 49.1. The Labute approximate surface area is 129 Å². The smallest absolute Gasteiger partial charge is 0.177 e. The molecule has 0 aliphatic carbocycles. The Bertz CT molecular complexity index is 387. The first-order valence-corrected chi connectivity index (χ1v) is 7.20. The molecule has 2 aliphatic rings. The highest BCUT2D eigenvalue weighted by Crippen LogP contribution is 2.28. The molecule has 2 heterocycles. The summed E-state index contributed by atoms with van der Waals surface area (Å²) in [6.45, 7) is 1.75. The number of rotatable bonds is 3. The number of nitrogens with two attached hydrogens (primary N) is 5. The van der Waals surface area contributed by atoms with E-state index in [9.17, 15) is 5.11 Å². The standard InChI is InChI=1S/C12H27N5O5/c1-4-8(5(19-2)3-6(18)20-4)21-10-7(13)9(14)12(16,17)11(15)22-10/h4-11,18H,3,13-17H2,1-2H3/t4-,5-,6+,7+,8-,9+,10?,11+/m0/s1. The number of ether oxygens (including phenoxy) is 4. The molecule has 10 nitrogen and oxygen atoms in total. The average molecular weight is 321 g/mol. The van der Waals surface area contributed by atoms with Crippen LogP contribution in [0.25, 0.3) is 0 Å². The van der Waals surface area contributed by atoms with E-state index in [0.717, 1.165) is 0 Å². The molecule has 2 rings (SSSR count). The molecule has 0 spiro atoms. The van der Waals surface area contributed by atoms with Crippen molar-refractivity contribution in [2.45, 2.75) is 68.2 Å². The predicted octanol–water partition coefficient (Wildman–Crippen LogP) is -3.58. The molecular formula is C12H27N5O5. The summed E-state index contributed by atoms with van der Waals surface area (Å²) in [7, 11) is 1.52. The van der Waals surface area contributed by atoms with E-state index in [1.807, 2.05) is 0 Å². The number of aliphatic hydroxyl groups is 1. The van der Waals surface area contributed by atoms with Crippen molar-refractivity contribution in [1.29, 1.82) is 0 Å². The van der Waals surface area contributed by atoms with Gasteiger partial charge in [-0.05, 0) is 6.92 Å². The van der Waals surface area contributed by atoms with Gasteiger partial charge < -0.3 is 52.7 Å². The second kappa shape index (κ2) is 6.61. The molecule has 8 atom stereocenters. The number of hydrogen-bond donors (Lipinski definition) is 6. The van der Waals surface area contributed by atoms with E-state index in [2.05, 4.69) is 0 Å². The number of methoxy groups -OCH3 is 1. The van der Waals surface area contributed by atoms with Gasteiger partial charge in [-0.3, -0.25) is 0 Å². The van der Waals surface area contributed by atoms with Gasteiger partial charge in [0.1, 0.15) is 18.0 Å². The van der Waals surface area contributed by atoms with E-state index in [0.29, 0.717) is 0 Å². The molecule has 2 fully saturated rings. The van der Waals surface area contributed by atoms with Crippen molar-refractivity contribution in [3.8, 4) is 0 Å². The summed E-state index contributed by atoms with van der Waals surface area (Å²) in [4.78, 5) is 0. The highest BCUT2D eigenvalue weighted by molar-refractivity contribution is 5.04. The van der Waals surface area contributed by atoms with Gasteiger partial charge in [-0.1, -0.05) is 0 Å². The molecular weight excluding hydrogens is 294 g/mol. The van der Waals surface area contributed by atoms with Gasteiger partial charge in [-0.25, -0.2) is 0 Å². The molecule has 0 radical (unpaired) electrons. The Morgan fingerprint density at radius 1 is 1.18 bits per heavy atom. The third kappa shape index (κ3) is 3.26. The van der Waals surface area contributed by atoms with Crippen molar-refractivity contribution in [3.05, 3.63) is 0 Å². The lowest BCUT2D eigenvalue weighted by Crippen LogP contribution is -2.81. The Morgan fingerprint density at radius 2 is 1.82 bits per heavy atom. The Hall–Kier alpha value is -0.400. The van der Waals surface area contributed by atoms with E-state index in [1.54, 1.807) is 6.92 Å². The lowest BCUT2D eigenvalue weighted by molar-refractivity contribution is -0.303. The summed E-state index contributed by atoms with van der Waals surface area (Å²) in [6, 6.07) is -1.58. The minimum absolute atomic E-state index is 0.267. The van der Waals surface area contributed by atoms with Crippen LogP contribution in [0.2, 0.25) is 0 Å². The molecule has 2 aliphatic heterocycles. The molecule has 0 amide bonds. The molecule has 0 aromatic rings. The molecule has 11 N–H and O–H groups in total. The van der Waals surface area contributed by atoms with Crippen molar-refractivity contribution in [2.75, 3.05) is 7.11 Å². The topological polar surface area (TPSA) is 187 Å². The Kier molecular flexibility index (Phi) is 5.39. The van der Waals surface area contributed by atoms with Gasteiger partial charge in [0.25, 0.3) is 0 Å². The maximum absolute atomic E-state index is 9.62. The van der Waals surface area contributed by atoms with Crippen LogP contribution >= 0.6 is 0 Å². The van der Waals surface area contributed by atoms with E-state index in [4.69, 9.17) is 47.6 Å². The molecule has 0 saturated carbocycles. The molecule has 10 heteroatoms. The van der Waals surface area contributed by atoms with E-state index in [1.165, 1.54) is 7.11 Å². The van der Waals surface area contributed by atoms with Gasteiger partial charge in [0.05, 0.1) is 24.3 Å². The molecule has 0 aromatic carbocycles. The highest BCUT2D eigenvalue weighted by atomic mass is 16.7. The monoisotopic (exact) mass is 321 g/mol. The fraction of sp³-hybridized carbons (Fsp3) is 1.00. The first-order valence-electron chi connectivity index (χ1n) is 7.20. The van der Waals surface area contributed by atoms with Gasteiger partial charge in [-0.2, -0.15) is 0 Å². The van der Waals surface area contributed by atoms with Crippen LogP contribution in [0.1, 0.15) is 13.3 Å². The maximum atomic E-state index is 9.62. The van der Waals surface area contributed by atoms with Crippen LogP contribution in [-0.2, 0) is 18.9 Å². The minimum Gasteiger partial charge on any atom is -0.378 e. The third-order valence-electron chi connectivity index (χ3n) is 4.31. The lowest BCUT2D eigenvalue weighted by atomic mass is 9.91. The second-order valence-electron chi connectivity index (χ2n) is 5.93. The summed E-state index contributed by atoms with van der Waals surface area (Å²) in [5.41, 5.74) is 28.0. The zero-order chi connectivity index (χ0) is 16.7. The fourth-order valence-electron chi connectivity index (χ4n) is 2.77. The summed E-state index contributed by atoms with van der Waals surface area (Å²) in [5.74, 6) is 0. The molecule has 0 aromatic heterocycles. The van der Waals surface area contributed by atoms with Gasteiger partial charge in [0.2, 0.25) is 0 Å². The minimum atomic E-state index is -1.45. The first kappa shape index (κ1) is 17.9. The zero-order valence-electron chi connectivity index (χ0n) is 12.8. The van der Waals surface area contributed by atoms with Crippen molar-refractivity contribution < 1.29 is 24.1 Å². The molecule has 2 saturated heterocycles. The largest absolute Gasteiger partial charge is 0.378 e. The quantitative estimate of drug-likeness (QED) is 0.284.